The van der Waals surface area contributed by atoms with E-state index in [9.17, 15) is 4.39 Å². The molecule has 4 aromatic rings. The van der Waals surface area contributed by atoms with Crippen molar-refractivity contribution in [1.29, 1.82) is 0 Å². The Kier molecular flexibility index (Phi) is 5.64. The molecule has 0 radical (unpaired) electrons. The van der Waals surface area contributed by atoms with Crippen LogP contribution in [0.2, 0.25) is 0 Å². The summed E-state index contributed by atoms with van der Waals surface area (Å²) in [5.74, 6) is 0.587. The maximum Gasteiger partial charge on any atom is 0.155 e. The van der Waals surface area contributed by atoms with Crippen LogP contribution in [0.15, 0.2) is 73.3 Å². The van der Waals surface area contributed by atoms with E-state index in [1.54, 1.807) is 24.5 Å². The maximum atomic E-state index is 13.4. The van der Waals surface area contributed by atoms with Gasteiger partial charge in [0, 0.05) is 55.9 Å². The summed E-state index contributed by atoms with van der Waals surface area (Å²) in [6.07, 6.45) is 7.31. The molecule has 6 nitrogen and oxygen atoms in total. The summed E-state index contributed by atoms with van der Waals surface area (Å²) >= 11 is 0. The second-order valence-electron chi connectivity index (χ2n) is 8.05. The Morgan fingerprint density at radius 2 is 1.69 bits per heavy atom. The molecule has 0 bridgehead atoms. The van der Waals surface area contributed by atoms with E-state index in [2.05, 4.69) is 61.2 Å². The van der Waals surface area contributed by atoms with E-state index in [0.29, 0.717) is 0 Å². The van der Waals surface area contributed by atoms with Crippen LogP contribution in [0.4, 0.5) is 10.2 Å². The molecule has 1 aliphatic rings. The van der Waals surface area contributed by atoms with Crippen molar-refractivity contribution in [1.82, 2.24) is 25.1 Å². The van der Waals surface area contributed by atoms with Gasteiger partial charge in [-0.1, -0.05) is 24.3 Å². The monoisotopic (exact) mass is 428 g/mol. The fraction of sp³-hybridized carbons (Fsp3) is 0.240. The molecular formula is C25H25FN6. The number of aromatic amines is 1. The highest BCUT2D eigenvalue weighted by Gasteiger charge is 2.29. The zero-order chi connectivity index (χ0) is 21.9. The molecule has 7 heteroatoms. The fourth-order valence-corrected chi connectivity index (χ4v) is 4.46. The Morgan fingerprint density at radius 1 is 0.938 bits per heavy atom. The molecule has 3 heterocycles. The van der Waals surface area contributed by atoms with E-state index in [0.717, 1.165) is 43.3 Å². The third-order valence-electron chi connectivity index (χ3n) is 6.09. The molecule has 5 rings (SSSR count). The molecule has 0 spiro atoms. The van der Waals surface area contributed by atoms with Gasteiger partial charge >= 0.3 is 0 Å². The number of halogens is 1. The number of H-pyrrole nitrogens is 1. The van der Waals surface area contributed by atoms with Crippen molar-refractivity contribution in [3.63, 3.8) is 0 Å². The molecule has 2 aromatic carbocycles. The van der Waals surface area contributed by atoms with E-state index < -0.39 is 0 Å². The lowest BCUT2D eigenvalue weighted by molar-refractivity contribution is 0.211. The molecule has 1 atom stereocenters. The van der Waals surface area contributed by atoms with Crippen LogP contribution in [0.3, 0.4) is 0 Å². The normalized spacial score (nSPS) is 15.6. The summed E-state index contributed by atoms with van der Waals surface area (Å²) < 4.78 is 13.4. The third-order valence-corrected chi connectivity index (χ3v) is 6.09. The van der Waals surface area contributed by atoms with Crippen LogP contribution in [0.25, 0.3) is 11.3 Å². The smallest absolute Gasteiger partial charge is 0.155 e. The first-order valence-corrected chi connectivity index (χ1v) is 10.8. The zero-order valence-corrected chi connectivity index (χ0v) is 17.9. The Bertz CT molecular complexity index is 1170. The molecule has 1 aliphatic heterocycles. The number of hydrogen-bond acceptors (Lipinski definition) is 5. The van der Waals surface area contributed by atoms with Gasteiger partial charge < -0.3 is 4.90 Å². The molecule has 1 N–H and O–H groups in total. The zero-order valence-electron chi connectivity index (χ0n) is 17.9. The second kappa shape index (κ2) is 8.88. The highest BCUT2D eigenvalue weighted by atomic mass is 19.1. The molecule has 0 amide bonds. The molecule has 1 unspecified atom stereocenters. The number of aryl methyl sites for hydroxylation is 1. The van der Waals surface area contributed by atoms with Crippen molar-refractivity contribution in [2.75, 3.05) is 31.1 Å². The van der Waals surface area contributed by atoms with Crippen LogP contribution in [0.5, 0.6) is 0 Å². The van der Waals surface area contributed by atoms with Crippen molar-refractivity contribution < 1.29 is 4.39 Å². The average Bonchev–Trinajstić information content (AvgIpc) is 3.36. The van der Waals surface area contributed by atoms with Crippen LogP contribution in [0.1, 0.15) is 22.7 Å². The summed E-state index contributed by atoms with van der Waals surface area (Å²) in [6, 6.07) is 15.1. The predicted molar refractivity (Wildman–Crippen MR) is 123 cm³/mol. The molecular weight excluding hydrogens is 403 g/mol. The molecule has 1 fully saturated rings. The maximum absolute atomic E-state index is 13.4. The summed E-state index contributed by atoms with van der Waals surface area (Å²) in [5.41, 5.74) is 5.39. The summed E-state index contributed by atoms with van der Waals surface area (Å²) in [5, 5.41) is 7.17. The number of nitrogens with zero attached hydrogens (tertiary/aromatic N) is 5. The number of hydrogen-bond donors (Lipinski definition) is 1. The van der Waals surface area contributed by atoms with Crippen molar-refractivity contribution in [2.24, 2.45) is 0 Å². The number of aromatic nitrogens is 4. The first kappa shape index (κ1) is 20.3. The SMILES string of the molecule is Cc1ccccc1C(c1cn[nH]c1)N1CCN(c2nccnc2-c2ccc(F)cc2)CC1. The topological polar surface area (TPSA) is 60.9 Å². The van der Waals surface area contributed by atoms with Gasteiger partial charge in [0.1, 0.15) is 11.5 Å². The van der Waals surface area contributed by atoms with Crippen LogP contribution in [-0.2, 0) is 0 Å². The summed E-state index contributed by atoms with van der Waals surface area (Å²) in [4.78, 5) is 14.0. The van der Waals surface area contributed by atoms with Gasteiger partial charge in [-0.2, -0.15) is 5.10 Å². The fourth-order valence-electron chi connectivity index (χ4n) is 4.46. The van der Waals surface area contributed by atoms with E-state index in [1.807, 2.05) is 12.4 Å². The summed E-state index contributed by atoms with van der Waals surface area (Å²) in [7, 11) is 0. The number of anilines is 1. The van der Waals surface area contributed by atoms with Crippen LogP contribution in [0, 0.1) is 12.7 Å². The van der Waals surface area contributed by atoms with Crippen molar-refractivity contribution >= 4 is 5.82 Å². The minimum atomic E-state index is -0.255. The standard InChI is InChI=1S/C25H25FN6/c1-18-4-2-3-5-22(18)24(20-16-29-30-17-20)31-12-14-32(15-13-31)25-23(27-10-11-28-25)19-6-8-21(26)9-7-19/h2-11,16-17,24H,12-15H2,1H3,(H,29,30). The highest BCUT2D eigenvalue weighted by Crippen LogP contribution is 2.33. The van der Waals surface area contributed by atoms with Gasteiger partial charge in [-0.05, 0) is 42.3 Å². The van der Waals surface area contributed by atoms with Crippen LogP contribution < -0.4 is 4.90 Å². The van der Waals surface area contributed by atoms with Gasteiger partial charge in [-0.3, -0.25) is 15.0 Å². The predicted octanol–water partition coefficient (Wildman–Crippen LogP) is 4.23. The minimum Gasteiger partial charge on any atom is -0.352 e. The lowest BCUT2D eigenvalue weighted by Crippen LogP contribution is -2.48. The quantitative estimate of drug-likeness (QED) is 0.516. The van der Waals surface area contributed by atoms with Crippen molar-refractivity contribution in [3.8, 4) is 11.3 Å². The highest BCUT2D eigenvalue weighted by molar-refractivity contribution is 5.72. The largest absolute Gasteiger partial charge is 0.352 e. The van der Waals surface area contributed by atoms with E-state index in [4.69, 9.17) is 0 Å². The van der Waals surface area contributed by atoms with Gasteiger partial charge in [0.25, 0.3) is 0 Å². The first-order valence-electron chi connectivity index (χ1n) is 10.8. The van der Waals surface area contributed by atoms with Gasteiger partial charge in [0.2, 0.25) is 0 Å². The van der Waals surface area contributed by atoms with Crippen molar-refractivity contribution in [2.45, 2.75) is 13.0 Å². The summed E-state index contributed by atoms with van der Waals surface area (Å²) in [6.45, 7) is 5.57. The van der Waals surface area contributed by atoms with E-state index in [1.165, 1.54) is 28.8 Å². The van der Waals surface area contributed by atoms with Crippen LogP contribution >= 0.6 is 0 Å². The van der Waals surface area contributed by atoms with Gasteiger partial charge in [0.05, 0.1) is 12.2 Å². The molecule has 32 heavy (non-hydrogen) atoms. The van der Waals surface area contributed by atoms with Gasteiger partial charge in [0.15, 0.2) is 5.82 Å². The Balaban J connectivity index is 1.39. The number of benzene rings is 2. The average molecular weight is 429 g/mol. The van der Waals surface area contributed by atoms with E-state index >= 15 is 0 Å². The third kappa shape index (κ3) is 3.99. The first-order chi connectivity index (χ1) is 15.7. The van der Waals surface area contributed by atoms with Gasteiger partial charge in [-0.15, -0.1) is 0 Å². The molecule has 162 valence electrons. The van der Waals surface area contributed by atoms with Gasteiger partial charge in [-0.25, -0.2) is 9.37 Å². The lowest BCUT2D eigenvalue weighted by Gasteiger charge is -2.40. The number of rotatable bonds is 5. The Labute approximate surface area is 186 Å². The number of piperazine rings is 1. The minimum absolute atomic E-state index is 0.149. The Morgan fingerprint density at radius 3 is 2.41 bits per heavy atom. The second-order valence-corrected chi connectivity index (χ2v) is 8.05. The van der Waals surface area contributed by atoms with Crippen molar-refractivity contribution in [3.05, 3.63) is 95.8 Å². The molecule has 2 aromatic heterocycles. The lowest BCUT2D eigenvalue weighted by atomic mass is 9.95. The van der Waals surface area contributed by atoms with E-state index in [-0.39, 0.29) is 11.9 Å². The molecule has 0 saturated carbocycles. The Hall–Kier alpha value is -3.58. The number of nitrogens with one attached hydrogen (secondary N) is 1. The van der Waals surface area contributed by atoms with Crippen LogP contribution in [-0.4, -0.2) is 51.2 Å². The molecule has 1 saturated heterocycles. The molecule has 0 aliphatic carbocycles.